The lowest BCUT2D eigenvalue weighted by molar-refractivity contribution is -0.146. The van der Waals surface area contributed by atoms with Crippen LogP contribution in [-0.2, 0) is 115 Å². The third-order valence-corrected chi connectivity index (χ3v) is 14.6. The van der Waals surface area contributed by atoms with Crippen LogP contribution in [0.15, 0.2) is 97.1 Å². The summed E-state index contributed by atoms with van der Waals surface area (Å²) in [4.78, 5) is 104. The Balaban J connectivity index is 1.49. The van der Waals surface area contributed by atoms with E-state index in [1.54, 1.807) is 104 Å². The van der Waals surface area contributed by atoms with Crippen LogP contribution in [-0.4, -0.2) is 153 Å². The monoisotopic (exact) mass is 1360 g/mol. The maximum absolute atomic E-state index is 13.0. The van der Waals surface area contributed by atoms with Gasteiger partial charge in [0.05, 0.1) is 52.9 Å². The van der Waals surface area contributed by atoms with E-state index < -0.39 is 101 Å². The quantitative estimate of drug-likeness (QED) is 0.0280. The summed E-state index contributed by atoms with van der Waals surface area (Å²) in [5.41, 5.74) is 6.82. The van der Waals surface area contributed by atoms with Crippen LogP contribution in [0.2, 0.25) is 0 Å². The van der Waals surface area contributed by atoms with E-state index in [1.165, 1.54) is 0 Å². The highest BCUT2D eigenvalue weighted by Crippen LogP contribution is 2.40. The van der Waals surface area contributed by atoms with Crippen molar-refractivity contribution in [1.82, 2.24) is 0 Å². The summed E-state index contributed by atoms with van der Waals surface area (Å²) in [5, 5.41) is 0. The third-order valence-electron chi connectivity index (χ3n) is 14.6. The third kappa shape index (κ3) is 23.4. The van der Waals surface area contributed by atoms with Crippen LogP contribution in [0.3, 0.4) is 0 Å². The summed E-state index contributed by atoms with van der Waals surface area (Å²) in [5.74, 6) is -3.27. The minimum absolute atomic E-state index is 0.0457. The smallest absolute Gasteiger partial charge is 0.344 e. The van der Waals surface area contributed by atoms with Gasteiger partial charge in [0.15, 0.2) is 52.9 Å². The molecule has 6 aromatic carbocycles. The molecule has 0 unspecified atom stereocenters. The molecule has 0 aliphatic heterocycles. The van der Waals surface area contributed by atoms with Crippen LogP contribution in [0, 0.1) is 0 Å². The van der Waals surface area contributed by atoms with Gasteiger partial charge in [-0.25, -0.2) is 38.4 Å². The Labute approximate surface area is 569 Å². The second kappa shape index (κ2) is 38.9. The van der Waals surface area contributed by atoms with Crippen molar-refractivity contribution in [3.63, 3.8) is 0 Å². The molecule has 16 aliphatic carbocycles. The van der Waals surface area contributed by atoms with Gasteiger partial charge in [0.25, 0.3) is 0 Å². The van der Waals surface area contributed by atoms with Gasteiger partial charge in [-0.1, -0.05) is 48.5 Å². The number of esters is 8. The molecular weight excluding hydrogens is 1270 g/mol. The number of rotatable bonds is 32. The Bertz CT molecular complexity index is 3230. The highest BCUT2D eigenvalue weighted by molar-refractivity contribution is 5.75. The van der Waals surface area contributed by atoms with Crippen LogP contribution in [0.4, 0.5) is 0 Å². The zero-order valence-corrected chi connectivity index (χ0v) is 56.6. The average molecular weight is 1360 g/mol. The molecule has 6 aromatic rings. The Hall–Kier alpha value is -10.5. The molecule has 12 bridgehead atoms. The maximum Gasteiger partial charge on any atom is 0.344 e. The Morgan fingerprint density at radius 2 is 0.337 bits per heavy atom. The fourth-order valence-corrected chi connectivity index (χ4v) is 10.3. The van der Waals surface area contributed by atoms with Crippen molar-refractivity contribution in [2.75, 3.05) is 106 Å². The highest BCUT2D eigenvalue weighted by Gasteiger charge is 2.25. The zero-order valence-electron chi connectivity index (χ0n) is 56.6. The Morgan fingerprint density at radius 1 is 0.214 bits per heavy atom. The second-order valence-electron chi connectivity index (χ2n) is 21.7. The summed E-state index contributed by atoms with van der Waals surface area (Å²) < 4.78 is 92.5. The highest BCUT2D eigenvalue weighted by atomic mass is 16.6. The summed E-state index contributed by atoms with van der Waals surface area (Å²) >= 11 is 0. The second-order valence-corrected chi connectivity index (χ2v) is 21.7. The molecular formula is C74H84O24. The Kier molecular flexibility index (Phi) is 29.7. The van der Waals surface area contributed by atoms with Crippen molar-refractivity contribution in [3.8, 4) is 46.0 Å². The van der Waals surface area contributed by atoms with E-state index in [1.807, 2.05) is 48.5 Å². The Morgan fingerprint density at radius 3 is 0.459 bits per heavy atom. The van der Waals surface area contributed by atoms with Gasteiger partial charge in [-0.15, -0.1) is 0 Å². The van der Waals surface area contributed by atoms with Gasteiger partial charge in [-0.3, -0.25) is 0 Å². The van der Waals surface area contributed by atoms with Gasteiger partial charge in [-0.05, 0) is 126 Å². The van der Waals surface area contributed by atoms with Gasteiger partial charge in [0.1, 0.15) is 46.0 Å². The van der Waals surface area contributed by atoms with Crippen molar-refractivity contribution in [2.45, 2.75) is 93.9 Å². The predicted molar refractivity (Wildman–Crippen MR) is 353 cm³/mol. The van der Waals surface area contributed by atoms with Gasteiger partial charge < -0.3 is 75.8 Å². The number of ether oxygens (including phenoxy) is 16. The van der Waals surface area contributed by atoms with Gasteiger partial charge in [0.2, 0.25) is 0 Å². The lowest BCUT2D eigenvalue weighted by Crippen LogP contribution is -2.18. The van der Waals surface area contributed by atoms with Gasteiger partial charge in [0, 0.05) is 83.0 Å². The molecule has 0 heterocycles. The molecule has 0 aromatic heterocycles. The lowest BCUT2D eigenvalue weighted by Gasteiger charge is -2.21. The predicted octanol–water partition coefficient (Wildman–Crippen LogP) is 9.08. The normalized spacial score (nSPS) is 11.6. The number of carbonyl (C=O) groups is 8. The van der Waals surface area contributed by atoms with Crippen LogP contribution >= 0.6 is 0 Å². The molecule has 0 N–H and O–H groups in total. The summed E-state index contributed by atoms with van der Waals surface area (Å²) in [7, 11) is 0. The van der Waals surface area contributed by atoms with E-state index in [9.17, 15) is 38.4 Å². The number of hydrogen-bond donors (Lipinski definition) is 0. The number of hydrogen-bond acceptors (Lipinski definition) is 24. The molecule has 16 aliphatic rings. The average Bonchev–Trinajstić information content (AvgIpc) is 1.00. The van der Waals surface area contributed by atoms with Crippen LogP contribution < -0.4 is 37.9 Å². The molecule has 524 valence electrons. The first kappa shape index (κ1) is 74.9. The van der Waals surface area contributed by atoms with Crippen LogP contribution in [0.5, 0.6) is 46.0 Å². The van der Waals surface area contributed by atoms with E-state index in [0.717, 1.165) is 22.3 Å². The van der Waals surface area contributed by atoms with E-state index in [0.29, 0.717) is 44.5 Å². The standard InChI is InChI=1S/C74H84O24/c1-9-83-67(75)39-91-59-35-55-29-56-36-60(92-40-68(76)84-10-2)52(32-64(56)96-44-72(80)88-14-6)27-49-21-23-50(24-22-49)28-54-34-66(98-46-74(82)90-16-8)58(38-62(54)94-42-70(78)86-12-4)30-57-37-61(93-41-69(77)85-11-3)53(33-65(57)97-45-73(81)89-15-7)26-48-19-17-47(18-20-48)25-51(59)31-63(55)95-43-71(79)87-13-5/h17-24,31-38H,9-16,25-30,39-46H2,1-8H3. The molecule has 24 nitrogen and oxygen atoms in total. The topological polar surface area (TPSA) is 284 Å². The van der Waals surface area contributed by atoms with Crippen molar-refractivity contribution < 1.29 is 114 Å². The van der Waals surface area contributed by atoms with Gasteiger partial charge >= 0.3 is 47.8 Å². The largest absolute Gasteiger partial charge is 0.482 e. The van der Waals surface area contributed by atoms with Crippen LogP contribution in [0.1, 0.15) is 122 Å². The van der Waals surface area contributed by atoms with Crippen molar-refractivity contribution in [3.05, 3.63) is 164 Å². The molecule has 0 saturated carbocycles. The number of carbonyl (C=O) groups excluding carboxylic acids is 8. The first-order valence-electron chi connectivity index (χ1n) is 32.5. The van der Waals surface area contributed by atoms with Crippen molar-refractivity contribution >= 4 is 47.8 Å². The fraction of sp³-hybridized carbons (Fsp3) is 0.405. The molecule has 0 saturated heterocycles. The summed E-state index contributed by atoms with van der Waals surface area (Å²) in [6.45, 7) is 10.2. The lowest BCUT2D eigenvalue weighted by atomic mass is 9.93. The minimum atomic E-state index is -0.649. The molecule has 0 atom stereocenters. The van der Waals surface area contributed by atoms with E-state index in [4.69, 9.17) is 75.8 Å². The van der Waals surface area contributed by atoms with E-state index in [2.05, 4.69) is 0 Å². The molecule has 0 amide bonds. The fourth-order valence-electron chi connectivity index (χ4n) is 10.3. The molecule has 22 rings (SSSR count). The molecule has 0 radical (unpaired) electrons. The molecule has 24 heteroatoms. The van der Waals surface area contributed by atoms with E-state index in [-0.39, 0.29) is 137 Å². The zero-order chi connectivity index (χ0) is 70.3. The first-order valence-corrected chi connectivity index (χ1v) is 32.5. The van der Waals surface area contributed by atoms with Crippen LogP contribution in [0.25, 0.3) is 0 Å². The number of benzene rings is 6. The molecule has 0 spiro atoms. The van der Waals surface area contributed by atoms with Crippen molar-refractivity contribution in [1.29, 1.82) is 0 Å². The molecule has 0 fully saturated rings. The summed E-state index contributed by atoms with van der Waals surface area (Å²) in [6.07, 6.45) is 0.632. The SMILES string of the molecule is CCOC(=O)COc1cc2c(OCC(=O)OCC)cc1Cc1ccc(cc1)Cc1cc(OCC(=O)OCC)c(cc1OCC(=O)OCC)Cc1cc(OCC(=O)OCC)c(cc1OCC(=O)OCC)Cc1ccc(cc1)Cc1cc(OCC(=O)OCC)c(cc1OCC(=O)OCC)C2. The van der Waals surface area contributed by atoms with E-state index >= 15 is 0 Å². The summed E-state index contributed by atoms with van der Waals surface area (Å²) in [6, 6.07) is 28.6. The van der Waals surface area contributed by atoms with Crippen molar-refractivity contribution in [2.24, 2.45) is 0 Å². The maximum atomic E-state index is 13.0. The van der Waals surface area contributed by atoms with Gasteiger partial charge in [-0.2, -0.15) is 0 Å². The first-order chi connectivity index (χ1) is 47.4. The minimum Gasteiger partial charge on any atom is -0.482 e. The molecule has 98 heavy (non-hydrogen) atoms.